The molecule has 1 heterocycles. The highest BCUT2D eigenvalue weighted by molar-refractivity contribution is 9.09. The fraction of sp³-hybridized carbons (Fsp3) is 0.783. The number of aldehydes is 1. The number of imide groups is 1. The Kier molecular flexibility index (Phi) is 17.6. The number of carbonyl (C=O) groups excluding carboxylic acids is 5. The number of nitrogens with zero attached hydrogens (tertiary/aromatic N) is 1. The van der Waals surface area contributed by atoms with Crippen molar-refractivity contribution >= 4 is 85.0 Å². The van der Waals surface area contributed by atoms with Crippen LogP contribution in [0.3, 0.4) is 0 Å². The van der Waals surface area contributed by atoms with Crippen LogP contribution in [0.4, 0.5) is 0 Å². The third-order valence-corrected chi connectivity index (χ3v) is 5.35. The van der Waals surface area contributed by atoms with Gasteiger partial charge in [-0.05, 0) is 38.4 Å². The van der Waals surface area contributed by atoms with E-state index in [1.807, 2.05) is 0 Å². The Hall–Kier alpha value is -1.34. The molecule has 0 spiro atoms. The molecule has 0 aliphatic carbocycles. The Balaban J connectivity index is -0.000000509. The number of hydroxylamine groups is 2. The quantitative estimate of drug-likeness (QED) is 0.0152. The summed E-state index contributed by atoms with van der Waals surface area (Å²) < 4.78 is 268. The molecule has 0 radical (unpaired) electrons. The molecule has 0 atom stereocenters. The van der Waals surface area contributed by atoms with Crippen LogP contribution in [0, 0.1) is 0 Å². The number of hydrogen-bond donors (Lipinski definition) is 13. The summed E-state index contributed by atoms with van der Waals surface area (Å²) >= 11 is 2.68. The van der Waals surface area contributed by atoms with Crippen LogP contribution >= 0.6 is 55.0 Å². The largest absolute Gasteiger partial charge is 0.469 e. The first-order valence-electron chi connectivity index (χ1n) is 27.1. The Morgan fingerprint density at radius 2 is 1.07 bits per heavy atom. The van der Waals surface area contributed by atoms with Crippen molar-refractivity contribution < 1.29 is 166 Å². The highest BCUT2D eigenvalue weighted by Crippen LogP contribution is 2.37. The van der Waals surface area contributed by atoms with Crippen LogP contribution in [0.2, 0.25) is 0 Å². The number of carbonyl (C=O) groups is 5. The van der Waals surface area contributed by atoms with Gasteiger partial charge in [-0.15, -0.1) is 5.06 Å². The van der Waals surface area contributed by atoms with Crippen molar-refractivity contribution in [3.8, 4) is 0 Å². The lowest BCUT2D eigenvalue weighted by molar-refractivity contribution is -0.197. The number of halogens is 1. The number of nitrogens with one attached hydrogen (secondary N) is 1. The van der Waals surface area contributed by atoms with Gasteiger partial charge in [-0.3, -0.25) is 37.0 Å². The van der Waals surface area contributed by atoms with Gasteiger partial charge in [-0.1, -0.05) is 15.9 Å². The summed E-state index contributed by atoms with van der Waals surface area (Å²) in [5.74, 6) is -0.696. The van der Waals surface area contributed by atoms with Gasteiger partial charge in [0.25, 0.3) is 11.8 Å². The van der Waals surface area contributed by atoms with Crippen molar-refractivity contribution in [3.63, 3.8) is 0 Å². The van der Waals surface area contributed by atoms with E-state index in [2.05, 4.69) is 54.1 Å². The molecule has 15 N–H and O–H groups in total. The normalized spacial score (nSPS) is 23.2. The molecular formula is C23H52BrN4O27P5. The van der Waals surface area contributed by atoms with Crippen molar-refractivity contribution in [1.29, 1.82) is 0 Å². The second-order valence-corrected chi connectivity index (χ2v) is 14.1. The van der Waals surface area contributed by atoms with E-state index in [9.17, 15) is 46.8 Å². The second-order valence-electron chi connectivity index (χ2n) is 7.72. The van der Waals surface area contributed by atoms with Crippen LogP contribution in [0.25, 0.3) is 0 Å². The van der Waals surface area contributed by atoms with Gasteiger partial charge in [0.15, 0.2) is 0 Å². The maximum Gasteiger partial charge on any atom is 0.469 e. The van der Waals surface area contributed by atoms with E-state index >= 15 is 0 Å². The van der Waals surface area contributed by atoms with Crippen LogP contribution in [0.1, 0.15) is 95.9 Å². The van der Waals surface area contributed by atoms with Gasteiger partial charge in [0.05, 0.1) is 67.5 Å². The minimum absolute atomic E-state index is 0.0876. The summed E-state index contributed by atoms with van der Waals surface area (Å²) in [7, 11) is -26.8. The number of nitrogens with two attached hydrogens (primary N) is 2. The van der Waals surface area contributed by atoms with Crippen molar-refractivity contribution in [2.45, 2.75) is 57.5 Å². The number of phosphoric acid groups is 5. The predicted octanol–water partition coefficient (Wildman–Crippen LogP) is -1.62. The molecule has 3 amide bonds. The average molecular weight is 1080 g/mol. The number of rotatable bonds is 26. The first-order chi connectivity index (χ1) is 37.7. The minimum atomic E-state index is -5.58. The van der Waals surface area contributed by atoms with E-state index in [0.29, 0.717) is 0 Å². The first-order valence-corrected chi connectivity index (χ1v) is 21.8. The Morgan fingerprint density at radius 3 is 1.43 bits per heavy atom. The third-order valence-electron chi connectivity index (χ3n) is 3.20. The molecular weight excluding hydrogens is 999 g/mol. The number of phosphoric ester groups is 5. The lowest BCUT2D eigenvalue weighted by Gasteiger charge is -2.12. The molecule has 358 valence electrons. The Bertz CT molecular complexity index is 2650. The molecule has 0 bridgehead atoms. The summed E-state index contributed by atoms with van der Waals surface area (Å²) in [6, 6.07) is 0. The zero-order valence-electron chi connectivity index (χ0n) is 56.5. The highest BCUT2D eigenvalue weighted by atomic mass is 79.9. The van der Waals surface area contributed by atoms with E-state index in [1.54, 1.807) is 0 Å². The van der Waals surface area contributed by atoms with E-state index < -0.39 is 160 Å². The van der Waals surface area contributed by atoms with Crippen molar-refractivity contribution in [2.75, 3.05) is 57.7 Å². The molecule has 0 saturated carbocycles. The lowest BCUT2D eigenvalue weighted by Crippen LogP contribution is -2.32. The molecule has 37 heteroatoms. The predicted molar refractivity (Wildman–Crippen MR) is 202 cm³/mol. The van der Waals surface area contributed by atoms with Crippen LogP contribution < -0.4 is 16.9 Å². The molecule has 1 saturated heterocycles. The molecule has 1 aliphatic heterocycles. The summed E-state index contributed by atoms with van der Waals surface area (Å²) in [5.41, 5.74) is 4.70. The third kappa shape index (κ3) is 58.8. The van der Waals surface area contributed by atoms with E-state index in [0.717, 1.165) is 0 Å². The van der Waals surface area contributed by atoms with Gasteiger partial charge in [0.1, 0.15) is 6.29 Å². The molecule has 60 heavy (non-hydrogen) atoms. The summed E-state index contributed by atoms with van der Waals surface area (Å²) in [5, 5.41) is 1.08. The van der Waals surface area contributed by atoms with Crippen LogP contribution in [-0.2, 0) is 79.1 Å². The highest BCUT2D eigenvalue weighted by Gasteiger charge is 2.32. The van der Waals surface area contributed by atoms with Crippen molar-refractivity contribution in [2.24, 2.45) is 11.6 Å². The fourth-order valence-corrected chi connectivity index (χ4v) is 2.57. The molecule has 0 aromatic carbocycles. The topological polar surface area (TPSA) is 505 Å². The maximum atomic E-state index is 11.8. The van der Waals surface area contributed by atoms with E-state index in [4.69, 9.17) is 93.0 Å². The van der Waals surface area contributed by atoms with Crippen LogP contribution in [0.5, 0.6) is 0 Å². The summed E-state index contributed by atoms with van der Waals surface area (Å²) in [6.07, 6.45) is -22.6. The van der Waals surface area contributed by atoms with Gasteiger partial charge in [0.2, 0.25) is 5.91 Å². The van der Waals surface area contributed by atoms with E-state index in [-0.39, 0.29) is 29.5 Å². The maximum absolute atomic E-state index is 11.8. The molecule has 1 rings (SSSR count). The molecule has 0 aromatic heterocycles. The fourth-order valence-electron chi connectivity index (χ4n) is 1.58. The van der Waals surface area contributed by atoms with Crippen LogP contribution in [-0.4, -0.2) is 142 Å². The number of amides is 3. The van der Waals surface area contributed by atoms with Crippen molar-refractivity contribution in [3.05, 3.63) is 0 Å². The first kappa shape index (κ1) is 28.5. The standard InChI is InChI=1S/C8H12NO8P.C5H11BrNO5P.C4H9O5P.C3H10NO5P.C3H10NO4P/c10-6-3-4-7(11)9(6)17-8(12)2-1-5-16-18(13,14)15;6-4-5(8)7-2-1-3-12-13(9,10)11;5-3-1-2-4-9-10(6,7)8;4-8-2-1-3-9-10(5,6)7;4-2-1-3-8-9(5,6)7/h1-5H2,(H2,13,14,15);1-4H2,(H,7,8)(H2,9,10,11);3H,1-2,4H2,(H2,6,7,8);1-4H2,(H2,5,6,7);1-4H2,(H2,5,6,7)/i1D2,2D2,5D2;1D2,2D2,3D2;2D2,4D2;2*1D2,2D2,3D2. The smallest absolute Gasteiger partial charge is 0.355 e. The Labute approximate surface area is 389 Å². The number of alkyl halides is 1. The van der Waals surface area contributed by atoms with Gasteiger partial charge < -0.3 is 74.5 Å². The molecule has 1 aliphatic rings. The SMILES string of the molecule is [2H]C([2H])(CC=O)C([2H])([2H])OP(=O)(O)O.[2H]C([2H])(N)C([2H])([2H])C([2H])([2H])OP(=O)(O)O.[2H]C([2H])(NC(=O)CBr)C([2H])([2H])C([2H])([2H])OP(=O)(O)O.[2H]C([2H])(ON)C([2H])([2H])C([2H])([2H])OP(=O)(O)O.[2H]C([2H])(OP(=O)(O)O)C([2H])([2H])C([2H])([2H])C(=O)ON1C(=O)CCC1=O. The summed E-state index contributed by atoms with van der Waals surface area (Å²) in [4.78, 5) is 147. The monoisotopic (exact) mass is 1080 g/mol. The minimum Gasteiger partial charge on any atom is -0.355 e. The molecule has 1 fully saturated rings. The zero-order chi connectivity index (χ0) is 72.6. The summed E-state index contributed by atoms with van der Waals surface area (Å²) in [6.45, 7) is -27.9. The Morgan fingerprint density at radius 1 is 0.683 bits per heavy atom. The molecule has 0 aromatic rings. The van der Waals surface area contributed by atoms with E-state index in [1.165, 1.54) is 5.32 Å². The van der Waals surface area contributed by atoms with Gasteiger partial charge >= 0.3 is 45.1 Å². The van der Waals surface area contributed by atoms with Gasteiger partial charge in [0, 0.05) is 47.7 Å². The zero-order valence-corrected chi connectivity index (χ0v) is 34.6. The molecule has 0 unspecified atom stereocenters. The molecule has 31 nitrogen and oxygen atoms in total. The number of hydrogen-bond acceptors (Lipinski definition) is 19. The second kappa shape index (κ2) is 37.1. The lowest BCUT2D eigenvalue weighted by atomic mass is 10.3. The average Bonchev–Trinajstić information content (AvgIpc) is 3.54. The van der Waals surface area contributed by atoms with Crippen LogP contribution in [0.15, 0.2) is 0 Å². The van der Waals surface area contributed by atoms with Gasteiger partial charge in [-0.2, -0.15) is 0 Å². The van der Waals surface area contributed by atoms with Gasteiger partial charge in [-0.25, -0.2) is 33.5 Å². The van der Waals surface area contributed by atoms with Crippen molar-refractivity contribution in [1.82, 2.24) is 10.4 Å².